The number of carboxylic acids is 1. The summed E-state index contributed by atoms with van der Waals surface area (Å²) in [6.07, 6.45) is 2.47. The van der Waals surface area contributed by atoms with E-state index in [0.29, 0.717) is 25.4 Å². The van der Waals surface area contributed by atoms with Gasteiger partial charge in [-0.1, -0.05) is 13.8 Å². The monoisotopic (exact) mass is 253 g/mol. The molecular formula is C13H23N3O2. The predicted octanol–water partition coefficient (Wildman–Crippen LogP) is 1.74. The molecule has 1 unspecified atom stereocenters. The van der Waals surface area contributed by atoms with E-state index in [2.05, 4.69) is 10.4 Å². The molecule has 0 aromatic carbocycles. The van der Waals surface area contributed by atoms with Crippen molar-refractivity contribution < 1.29 is 9.90 Å². The van der Waals surface area contributed by atoms with Gasteiger partial charge in [0.1, 0.15) is 0 Å². The minimum absolute atomic E-state index is 0.317. The Kier molecular flexibility index (Phi) is 5.85. The zero-order valence-electron chi connectivity index (χ0n) is 11.4. The number of hydrogen-bond acceptors (Lipinski definition) is 3. The summed E-state index contributed by atoms with van der Waals surface area (Å²) in [6, 6.07) is 1.95. The molecule has 102 valence electrons. The number of nitrogens with zero attached hydrogens (tertiary/aromatic N) is 2. The van der Waals surface area contributed by atoms with Crippen molar-refractivity contribution >= 4 is 5.97 Å². The number of carbonyl (C=O) groups is 1. The third-order valence-electron chi connectivity index (χ3n) is 2.91. The van der Waals surface area contributed by atoms with Crippen LogP contribution < -0.4 is 5.32 Å². The Hall–Kier alpha value is -1.36. The number of hydrogen-bond donors (Lipinski definition) is 2. The van der Waals surface area contributed by atoms with E-state index in [1.54, 1.807) is 6.20 Å². The Morgan fingerprint density at radius 1 is 1.56 bits per heavy atom. The fourth-order valence-corrected chi connectivity index (χ4v) is 2.01. The maximum atomic E-state index is 11.1. The van der Waals surface area contributed by atoms with Gasteiger partial charge in [0.2, 0.25) is 0 Å². The van der Waals surface area contributed by atoms with Crippen LogP contribution in [0.2, 0.25) is 0 Å². The second-order valence-electron chi connectivity index (χ2n) is 4.93. The molecule has 1 heterocycles. The topological polar surface area (TPSA) is 67.2 Å². The van der Waals surface area contributed by atoms with E-state index in [-0.39, 0.29) is 5.92 Å². The minimum atomic E-state index is -0.722. The van der Waals surface area contributed by atoms with E-state index in [9.17, 15) is 4.79 Å². The molecule has 0 radical (unpaired) electrons. The molecule has 2 N–H and O–H groups in total. The zero-order valence-corrected chi connectivity index (χ0v) is 11.4. The van der Waals surface area contributed by atoms with Crippen molar-refractivity contribution in [2.45, 2.75) is 40.3 Å². The lowest BCUT2D eigenvalue weighted by Gasteiger charge is -2.15. The standard InChI is InChI=1S/C13H23N3O2/c1-4-16-12(5-6-15-16)9-14-8-11(13(17)18)7-10(2)3/h5-6,10-11,14H,4,7-9H2,1-3H3,(H,17,18). The van der Waals surface area contributed by atoms with E-state index < -0.39 is 5.97 Å². The van der Waals surface area contributed by atoms with E-state index in [4.69, 9.17) is 5.11 Å². The Morgan fingerprint density at radius 3 is 2.83 bits per heavy atom. The SMILES string of the molecule is CCn1nccc1CNCC(CC(C)C)C(=O)O. The maximum absolute atomic E-state index is 11.1. The van der Waals surface area contributed by atoms with Gasteiger partial charge in [0.25, 0.3) is 0 Å². The van der Waals surface area contributed by atoms with E-state index in [0.717, 1.165) is 12.2 Å². The summed E-state index contributed by atoms with van der Waals surface area (Å²) in [5, 5.41) is 16.5. The molecule has 0 saturated heterocycles. The van der Waals surface area contributed by atoms with Crippen LogP contribution >= 0.6 is 0 Å². The summed E-state index contributed by atoms with van der Waals surface area (Å²) in [7, 11) is 0. The quantitative estimate of drug-likeness (QED) is 0.740. The average Bonchev–Trinajstić information content (AvgIpc) is 2.74. The fourth-order valence-electron chi connectivity index (χ4n) is 2.01. The first kappa shape index (κ1) is 14.7. The first-order valence-electron chi connectivity index (χ1n) is 6.48. The van der Waals surface area contributed by atoms with Gasteiger partial charge in [-0.05, 0) is 25.3 Å². The van der Waals surface area contributed by atoms with Gasteiger partial charge in [0.05, 0.1) is 11.6 Å². The second kappa shape index (κ2) is 7.16. The van der Waals surface area contributed by atoms with Gasteiger partial charge in [-0.3, -0.25) is 9.48 Å². The smallest absolute Gasteiger partial charge is 0.307 e. The van der Waals surface area contributed by atoms with Crippen LogP contribution in [0.3, 0.4) is 0 Å². The Morgan fingerprint density at radius 2 is 2.28 bits per heavy atom. The summed E-state index contributed by atoms with van der Waals surface area (Å²) in [5.74, 6) is -0.641. The van der Waals surface area contributed by atoms with Crippen LogP contribution in [-0.2, 0) is 17.9 Å². The van der Waals surface area contributed by atoms with E-state index in [1.165, 1.54) is 0 Å². The normalized spacial score (nSPS) is 12.9. The van der Waals surface area contributed by atoms with Crippen LogP contribution in [0, 0.1) is 11.8 Å². The van der Waals surface area contributed by atoms with Gasteiger partial charge in [-0.15, -0.1) is 0 Å². The number of nitrogens with one attached hydrogen (secondary N) is 1. The van der Waals surface area contributed by atoms with E-state index >= 15 is 0 Å². The number of rotatable bonds is 8. The average molecular weight is 253 g/mol. The predicted molar refractivity (Wildman–Crippen MR) is 70.2 cm³/mol. The van der Waals surface area contributed by atoms with Crippen molar-refractivity contribution in [3.05, 3.63) is 18.0 Å². The van der Waals surface area contributed by atoms with E-state index in [1.807, 2.05) is 31.5 Å². The molecule has 0 saturated carbocycles. The van der Waals surface area contributed by atoms with Gasteiger partial charge in [0.15, 0.2) is 0 Å². The Balaban J connectivity index is 2.41. The lowest BCUT2D eigenvalue weighted by atomic mass is 9.97. The van der Waals surface area contributed by atoms with Crippen molar-refractivity contribution in [2.24, 2.45) is 11.8 Å². The van der Waals surface area contributed by atoms with Crippen molar-refractivity contribution in [3.8, 4) is 0 Å². The molecule has 1 atom stereocenters. The highest BCUT2D eigenvalue weighted by Gasteiger charge is 2.18. The first-order valence-corrected chi connectivity index (χ1v) is 6.48. The third kappa shape index (κ3) is 4.49. The molecule has 5 heteroatoms. The third-order valence-corrected chi connectivity index (χ3v) is 2.91. The summed E-state index contributed by atoms with van der Waals surface area (Å²) < 4.78 is 1.91. The summed E-state index contributed by atoms with van der Waals surface area (Å²) in [4.78, 5) is 11.1. The van der Waals surface area contributed by atoms with Crippen LogP contribution in [0.15, 0.2) is 12.3 Å². The van der Waals surface area contributed by atoms with Gasteiger partial charge in [0, 0.05) is 25.8 Å². The fraction of sp³-hybridized carbons (Fsp3) is 0.692. The highest BCUT2D eigenvalue weighted by molar-refractivity contribution is 5.70. The van der Waals surface area contributed by atoms with Crippen LogP contribution in [0.1, 0.15) is 32.9 Å². The molecule has 0 amide bonds. The minimum Gasteiger partial charge on any atom is -0.481 e. The Labute approximate surface area is 108 Å². The van der Waals surface area contributed by atoms with Gasteiger partial charge >= 0.3 is 5.97 Å². The second-order valence-corrected chi connectivity index (χ2v) is 4.93. The van der Waals surface area contributed by atoms with Crippen LogP contribution in [0.25, 0.3) is 0 Å². The molecule has 1 aromatic heterocycles. The summed E-state index contributed by atoms with van der Waals surface area (Å²) in [5.41, 5.74) is 1.09. The summed E-state index contributed by atoms with van der Waals surface area (Å²) in [6.45, 7) is 8.12. The molecule has 5 nitrogen and oxygen atoms in total. The zero-order chi connectivity index (χ0) is 13.5. The highest BCUT2D eigenvalue weighted by atomic mass is 16.4. The number of aliphatic carboxylic acids is 1. The molecule has 0 bridgehead atoms. The van der Waals surface area contributed by atoms with Gasteiger partial charge in [-0.25, -0.2) is 0 Å². The van der Waals surface area contributed by atoms with Crippen molar-refractivity contribution in [1.29, 1.82) is 0 Å². The molecular weight excluding hydrogens is 230 g/mol. The summed E-state index contributed by atoms with van der Waals surface area (Å²) >= 11 is 0. The highest BCUT2D eigenvalue weighted by Crippen LogP contribution is 2.11. The molecule has 1 aromatic rings. The van der Waals surface area contributed by atoms with Crippen molar-refractivity contribution in [2.75, 3.05) is 6.54 Å². The lowest BCUT2D eigenvalue weighted by Crippen LogP contribution is -2.29. The molecule has 0 aliphatic heterocycles. The van der Waals surface area contributed by atoms with Crippen LogP contribution in [0.5, 0.6) is 0 Å². The molecule has 0 aliphatic rings. The first-order chi connectivity index (χ1) is 8.54. The molecule has 1 rings (SSSR count). The molecule has 0 spiro atoms. The number of carboxylic acid groups (broad SMARTS) is 1. The van der Waals surface area contributed by atoms with Crippen LogP contribution in [-0.4, -0.2) is 27.4 Å². The Bertz CT molecular complexity index is 374. The van der Waals surface area contributed by atoms with Crippen LogP contribution in [0.4, 0.5) is 0 Å². The largest absolute Gasteiger partial charge is 0.481 e. The van der Waals surface area contributed by atoms with Crippen molar-refractivity contribution in [3.63, 3.8) is 0 Å². The molecule has 18 heavy (non-hydrogen) atoms. The van der Waals surface area contributed by atoms with Crippen molar-refractivity contribution in [1.82, 2.24) is 15.1 Å². The molecule has 0 fully saturated rings. The van der Waals surface area contributed by atoms with Gasteiger partial charge in [-0.2, -0.15) is 5.10 Å². The van der Waals surface area contributed by atoms with Gasteiger partial charge < -0.3 is 10.4 Å². The number of aryl methyl sites for hydroxylation is 1. The number of aromatic nitrogens is 2. The molecule has 0 aliphatic carbocycles. The lowest BCUT2D eigenvalue weighted by molar-refractivity contribution is -0.142. The maximum Gasteiger partial charge on any atom is 0.307 e.